The number of aliphatic hydroxyl groups excluding tert-OH is 1. The molecule has 4 heterocycles. The largest absolute Gasteiger partial charge is 0.388 e. The van der Waals surface area contributed by atoms with Gasteiger partial charge in [-0.05, 0) is 76.5 Å². The first-order valence-corrected chi connectivity index (χ1v) is 14.2. The highest BCUT2D eigenvalue weighted by Crippen LogP contribution is 2.59. The van der Waals surface area contributed by atoms with Gasteiger partial charge in [0.25, 0.3) is 0 Å². The van der Waals surface area contributed by atoms with Crippen molar-refractivity contribution in [2.75, 3.05) is 5.32 Å². The summed E-state index contributed by atoms with van der Waals surface area (Å²) in [5.41, 5.74) is 2.98. The lowest BCUT2D eigenvalue weighted by atomic mass is 10.0. The fraction of sp³-hybridized carbons (Fsp3) is 0.345. The second-order valence-electron chi connectivity index (χ2n) is 11.2. The van der Waals surface area contributed by atoms with E-state index in [-0.39, 0.29) is 52.4 Å². The van der Waals surface area contributed by atoms with Crippen molar-refractivity contribution in [3.8, 4) is 11.1 Å². The van der Waals surface area contributed by atoms with E-state index < -0.39 is 17.8 Å². The fourth-order valence-corrected chi connectivity index (χ4v) is 6.24. The van der Waals surface area contributed by atoms with Crippen LogP contribution in [-0.4, -0.2) is 64.4 Å². The summed E-state index contributed by atoms with van der Waals surface area (Å²) in [6.45, 7) is 4.92. The van der Waals surface area contributed by atoms with Crippen LogP contribution in [0.3, 0.4) is 0 Å². The van der Waals surface area contributed by atoms with Crippen molar-refractivity contribution >= 4 is 50.2 Å². The zero-order valence-corrected chi connectivity index (χ0v) is 24.6. The first kappa shape index (κ1) is 28.0. The monoisotopic (exact) mass is 635 g/mol. The highest BCUT2D eigenvalue weighted by Gasteiger charge is 2.64. The van der Waals surface area contributed by atoms with Crippen LogP contribution in [0.5, 0.6) is 0 Å². The lowest BCUT2D eigenvalue weighted by Crippen LogP contribution is -2.46. The van der Waals surface area contributed by atoms with Crippen LogP contribution in [0.25, 0.3) is 22.0 Å². The lowest BCUT2D eigenvalue weighted by Gasteiger charge is -2.27. The number of nitrogens with zero attached hydrogens (tertiary/aromatic N) is 6. The van der Waals surface area contributed by atoms with Gasteiger partial charge in [0, 0.05) is 36.3 Å². The minimum Gasteiger partial charge on any atom is -0.388 e. The molecule has 0 unspecified atom stereocenters. The van der Waals surface area contributed by atoms with Gasteiger partial charge < -0.3 is 15.3 Å². The van der Waals surface area contributed by atoms with Crippen molar-refractivity contribution in [1.82, 2.24) is 29.6 Å². The molecule has 1 aliphatic heterocycles. The minimum absolute atomic E-state index is 0.0190. The molecule has 0 bridgehead atoms. The van der Waals surface area contributed by atoms with E-state index >= 15 is 0 Å². The van der Waals surface area contributed by atoms with Crippen LogP contribution in [0.1, 0.15) is 48.6 Å². The molecule has 2 amide bonds. The van der Waals surface area contributed by atoms with Crippen molar-refractivity contribution in [3.63, 3.8) is 0 Å². The predicted molar refractivity (Wildman–Crippen MR) is 154 cm³/mol. The number of aryl methyl sites for hydroxylation is 1. The zero-order valence-electron chi connectivity index (χ0n) is 23.1. The van der Waals surface area contributed by atoms with Crippen LogP contribution in [0.15, 0.2) is 41.3 Å². The Bertz CT molecular complexity index is 1780. The number of pyridine rings is 1. The number of piperidine rings is 1. The number of Topliss-reactive ketones (excluding diaryl/α,β-unsaturated/α-hetero) is 1. The van der Waals surface area contributed by atoms with E-state index in [4.69, 9.17) is 0 Å². The van der Waals surface area contributed by atoms with E-state index in [1.54, 1.807) is 17.3 Å². The topological polar surface area (TPSA) is 143 Å². The average molecular weight is 636 g/mol. The van der Waals surface area contributed by atoms with Crippen LogP contribution in [0.4, 0.5) is 10.2 Å². The van der Waals surface area contributed by atoms with E-state index in [1.807, 2.05) is 19.1 Å². The number of halogens is 2. The van der Waals surface area contributed by atoms with Gasteiger partial charge in [0.2, 0.25) is 11.8 Å². The van der Waals surface area contributed by atoms with Crippen molar-refractivity contribution in [1.29, 1.82) is 0 Å². The molecule has 3 atom stereocenters. The van der Waals surface area contributed by atoms with Crippen LogP contribution < -0.4 is 5.32 Å². The molecule has 4 aromatic rings. The second kappa shape index (κ2) is 10.3. The van der Waals surface area contributed by atoms with Gasteiger partial charge >= 0.3 is 0 Å². The third kappa shape index (κ3) is 4.86. The summed E-state index contributed by atoms with van der Waals surface area (Å²) in [4.78, 5) is 53.7. The minimum atomic E-state index is -0.726. The standard InChI is InChI=1S/C29H27BrFN7O4/c1-14-6-16(17-10-32-23(13-39)33-11-17)7-18-25(15(2)40)36-37(26(14)18)12-24(41)38-20(8-29(3)9-21(29)38)28(42)35-22-5-4-19(31)27(30)34-22/h4-7,10-11,20-21,39H,8-9,12-13H2,1-3H3,(H,34,35,42)/t20-,21+,29-/m0/s1. The van der Waals surface area contributed by atoms with Crippen molar-refractivity contribution in [3.05, 3.63) is 64.2 Å². The number of hydrogen-bond donors (Lipinski definition) is 2. The molecule has 42 heavy (non-hydrogen) atoms. The highest BCUT2D eigenvalue weighted by atomic mass is 79.9. The van der Waals surface area contributed by atoms with Crippen LogP contribution in [-0.2, 0) is 22.7 Å². The number of aromatic nitrogens is 5. The number of ketones is 1. The van der Waals surface area contributed by atoms with E-state index in [2.05, 4.69) is 48.2 Å². The number of aliphatic hydroxyl groups is 1. The van der Waals surface area contributed by atoms with Gasteiger partial charge in [0.15, 0.2) is 17.4 Å². The Hall–Kier alpha value is -4.10. The van der Waals surface area contributed by atoms with Gasteiger partial charge in [0.1, 0.15) is 35.3 Å². The first-order valence-electron chi connectivity index (χ1n) is 13.4. The molecule has 1 saturated heterocycles. The van der Waals surface area contributed by atoms with Gasteiger partial charge in [0.05, 0.1) is 5.52 Å². The summed E-state index contributed by atoms with van der Waals surface area (Å²) >= 11 is 3.03. The summed E-state index contributed by atoms with van der Waals surface area (Å²) in [6, 6.07) is 5.48. The third-order valence-electron chi connectivity index (χ3n) is 8.11. The summed E-state index contributed by atoms with van der Waals surface area (Å²) < 4.78 is 15.1. The summed E-state index contributed by atoms with van der Waals surface area (Å²) in [5, 5.41) is 17.1. The van der Waals surface area contributed by atoms with Gasteiger partial charge in [-0.3, -0.25) is 19.1 Å². The van der Waals surface area contributed by atoms with Crippen molar-refractivity contribution in [2.24, 2.45) is 5.41 Å². The van der Waals surface area contributed by atoms with Gasteiger partial charge in [-0.15, -0.1) is 0 Å². The SMILES string of the molecule is CC(=O)c1nn(CC(=O)N2[C@H](C(=O)Nc3ccc(F)c(Br)n3)C[C@@]3(C)C[C@@H]23)c2c(C)cc(-c3cnc(CO)nc3)cc12. The molecule has 3 aromatic heterocycles. The number of hydrogen-bond acceptors (Lipinski definition) is 8. The Morgan fingerprint density at radius 1 is 1.17 bits per heavy atom. The molecule has 216 valence electrons. The predicted octanol–water partition coefficient (Wildman–Crippen LogP) is 3.81. The molecule has 2 fully saturated rings. The van der Waals surface area contributed by atoms with Gasteiger partial charge in [-0.2, -0.15) is 5.10 Å². The van der Waals surface area contributed by atoms with E-state index in [0.717, 1.165) is 17.5 Å². The molecule has 6 rings (SSSR count). The first-order chi connectivity index (χ1) is 20.0. The number of anilines is 1. The van der Waals surface area contributed by atoms with Gasteiger partial charge in [-0.25, -0.2) is 19.3 Å². The fourth-order valence-electron chi connectivity index (χ4n) is 5.92. The maximum Gasteiger partial charge on any atom is 0.248 e. The van der Waals surface area contributed by atoms with Crippen LogP contribution >= 0.6 is 15.9 Å². The molecule has 1 saturated carbocycles. The number of nitrogens with one attached hydrogen (secondary N) is 1. The van der Waals surface area contributed by atoms with Crippen LogP contribution in [0, 0.1) is 18.2 Å². The van der Waals surface area contributed by atoms with Crippen molar-refractivity contribution < 1.29 is 23.9 Å². The molecule has 0 spiro atoms. The van der Waals surface area contributed by atoms with E-state index in [0.29, 0.717) is 28.7 Å². The number of rotatable bonds is 7. The lowest BCUT2D eigenvalue weighted by molar-refractivity contribution is -0.138. The molecule has 2 N–H and O–H groups in total. The molecule has 1 aromatic carbocycles. The summed E-state index contributed by atoms with van der Waals surface area (Å²) in [7, 11) is 0. The Kier molecular flexibility index (Phi) is 6.89. The summed E-state index contributed by atoms with van der Waals surface area (Å²) in [6.07, 6.45) is 4.49. The normalized spacial score (nSPS) is 21.0. The average Bonchev–Trinajstić information content (AvgIpc) is 3.31. The maximum atomic E-state index is 13.8. The number of fused-ring (bicyclic) bond motifs is 2. The number of likely N-dealkylation sites (tertiary alicyclic amines) is 1. The highest BCUT2D eigenvalue weighted by molar-refractivity contribution is 9.10. The Morgan fingerprint density at radius 3 is 2.57 bits per heavy atom. The molecular formula is C29H27BrFN7O4. The Morgan fingerprint density at radius 2 is 1.90 bits per heavy atom. The third-order valence-corrected chi connectivity index (χ3v) is 8.67. The molecule has 13 heteroatoms. The van der Waals surface area contributed by atoms with E-state index in [9.17, 15) is 23.9 Å². The van der Waals surface area contributed by atoms with Gasteiger partial charge in [-0.1, -0.05) is 6.92 Å². The molecule has 2 aliphatic rings. The number of benzene rings is 1. The molecule has 1 aliphatic carbocycles. The Balaban J connectivity index is 1.30. The Labute approximate surface area is 248 Å². The smallest absolute Gasteiger partial charge is 0.248 e. The molecule has 11 nitrogen and oxygen atoms in total. The molecular weight excluding hydrogens is 609 g/mol. The summed E-state index contributed by atoms with van der Waals surface area (Å²) in [5.74, 6) is -1.00. The van der Waals surface area contributed by atoms with Crippen molar-refractivity contribution in [2.45, 2.75) is 58.8 Å². The number of carbonyl (C=O) groups excluding carboxylic acids is 3. The molecule has 0 radical (unpaired) electrons. The maximum absolute atomic E-state index is 13.8. The zero-order chi connectivity index (χ0) is 29.9. The second-order valence-corrected chi connectivity index (χ2v) is 11.9. The quantitative estimate of drug-likeness (QED) is 0.230. The number of carbonyl (C=O) groups is 3. The van der Waals surface area contributed by atoms with E-state index in [1.165, 1.54) is 23.7 Å². The number of amides is 2. The van der Waals surface area contributed by atoms with Crippen LogP contribution in [0.2, 0.25) is 0 Å².